The molecule has 1 aliphatic carbocycles. The molecule has 0 amide bonds. The molecular weight excluding hydrogens is 252 g/mol. The third-order valence-electron chi connectivity index (χ3n) is 4.94. The Hall–Kier alpha value is -0.160. The van der Waals surface area contributed by atoms with E-state index in [0.717, 1.165) is 37.8 Å². The fourth-order valence-corrected chi connectivity index (χ4v) is 3.93. The van der Waals surface area contributed by atoms with Gasteiger partial charge in [-0.2, -0.15) is 0 Å². The summed E-state index contributed by atoms with van der Waals surface area (Å²) in [5, 5.41) is 21.6. The summed E-state index contributed by atoms with van der Waals surface area (Å²) in [7, 11) is 0. The van der Waals surface area contributed by atoms with Gasteiger partial charge in [0.1, 0.15) is 0 Å². The first-order valence-electron chi connectivity index (χ1n) is 8.52. The van der Waals surface area contributed by atoms with Crippen molar-refractivity contribution in [3.8, 4) is 0 Å². The van der Waals surface area contributed by atoms with Crippen LogP contribution in [0, 0.1) is 5.92 Å². The van der Waals surface area contributed by atoms with E-state index in [1.54, 1.807) is 0 Å². The van der Waals surface area contributed by atoms with Crippen molar-refractivity contribution in [2.75, 3.05) is 32.8 Å². The molecule has 2 fully saturated rings. The Bertz CT molecular complexity index is 257. The Kier molecular flexibility index (Phi) is 7.28. The van der Waals surface area contributed by atoms with Crippen molar-refractivity contribution in [2.24, 2.45) is 5.92 Å². The molecule has 0 spiro atoms. The lowest BCUT2D eigenvalue weighted by molar-refractivity contribution is 0.0911. The van der Waals surface area contributed by atoms with Crippen LogP contribution in [0.15, 0.2) is 0 Å². The van der Waals surface area contributed by atoms with E-state index in [4.69, 9.17) is 10.2 Å². The van der Waals surface area contributed by atoms with E-state index in [0.29, 0.717) is 12.6 Å². The van der Waals surface area contributed by atoms with Crippen LogP contribution in [0.25, 0.3) is 0 Å². The maximum atomic E-state index is 9.06. The fraction of sp³-hybridized carbons (Fsp3) is 1.00. The lowest BCUT2D eigenvalue weighted by Gasteiger charge is -2.41. The van der Waals surface area contributed by atoms with Gasteiger partial charge in [-0.25, -0.2) is 0 Å². The van der Waals surface area contributed by atoms with Gasteiger partial charge in [-0.05, 0) is 51.0 Å². The van der Waals surface area contributed by atoms with Crippen LogP contribution in [0.5, 0.6) is 0 Å². The second-order valence-corrected chi connectivity index (χ2v) is 6.59. The van der Waals surface area contributed by atoms with Gasteiger partial charge in [0.05, 0.1) is 0 Å². The molecule has 2 aliphatic rings. The van der Waals surface area contributed by atoms with Gasteiger partial charge in [0, 0.05) is 38.4 Å². The summed E-state index contributed by atoms with van der Waals surface area (Å²) in [5.41, 5.74) is 0. The molecule has 2 rings (SSSR count). The zero-order valence-electron chi connectivity index (χ0n) is 12.8. The summed E-state index contributed by atoms with van der Waals surface area (Å²) in [5.74, 6) is 0.725. The number of piperidine rings is 1. The average Bonchev–Trinajstić information content (AvgIpc) is 2.99. The van der Waals surface area contributed by atoms with Gasteiger partial charge in [-0.1, -0.05) is 12.8 Å². The first kappa shape index (κ1) is 16.2. The number of nitrogens with one attached hydrogen (secondary N) is 1. The highest BCUT2D eigenvalue weighted by atomic mass is 16.3. The highest BCUT2D eigenvalue weighted by Gasteiger charge is 2.31. The molecule has 1 saturated carbocycles. The van der Waals surface area contributed by atoms with E-state index < -0.39 is 0 Å². The topological polar surface area (TPSA) is 55.7 Å². The molecule has 2 atom stereocenters. The van der Waals surface area contributed by atoms with Crippen LogP contribution in [-0.2, 0) is 0 Å². The lowest BCUT2D eigenvalue weighted by Crippen LogP contribution is -2.52. The number of aliphatic hydroxyl groups is 2. The van der Waals surface area contributed by atoms with Crippen molar-refractivity contribution in [3.05, 3.63) is 0 Å². The van der Waals surface area contributed by atoms with E-state index in [1.807, 2.05) is 0 Å². The minimum atomic E-state index is 0.278. The summed E-state index contributed by atoms with van der Waals surface area (Å²) in [6.45, 7) is 3.92. The summed E-state index contributed by atoms with van der Waals surface area (Å²) >= 11 is 0. The number of hydrogen-bond donors (Lipinski definition) is 3. The Morgan fingerprint density at radius 1 is 1.00 bits per heavy atom. The standard InChI is InChI=1S/C16H32N2O2/c19-9-3-5-14-11-15(17-8-4-10-20)13-18(12-14)16-6-1-2-7-16/h14-17,19-20H,1-13H2. The van der Waals surface area contributed by atoms with Crippen molar-refractivity contribution >= 4 is 0 Å². The van der Waals surface area contributed by atoms with E-state index in [9.17, 15) is 0 Å². The maximum absolute atomic E-state index is 9.06. The Labute approximate surface area is 123 Å². The predicted octanol–water partition coefficient (Wildman–Crippen LogP) is 1.36. The molecule has 0 aromatic rings. The molecule has 3 N–H and O–H groups in total. The normalized spacial score (nSPS) is 29.1. The van der Waals surface area contributed by atoms with Crippen LogP contribution in [-0.4, -0.2) is 60.0 Å². The minimum Gasteiger partial charge on any atom is -0.396 e. The molecule has 0 bridgehead atoms. The maximum Gasteiger partial charge on any atom is 0.0443 e. The smallest absolute Gasteiger partial charge is 0.0443 e. The van der Waals surface area contributed by atoms with Crippen LogP contribution in [0.4, 0.5) is 0 Å². The summed E-state index contributed by atoms with van der Waals surface area (Å²) in [6, 6.07) is 1.37. The van der Waals surface area contributed by atoms with Gasteiger partial charge in [0.2, 0.25) is 0 Å². The Morgan fingerprint density at radius 3 is 2.45 bits per heavy atom. The number of nitrogens with zero attached hydrogens (tertiary/aromatic N) is 1. The summed E-state index contributed by atoms with van der Waals surface area (Å²) in [6.07, 6.45) is 9.70. The number of likely N-dealkylation sites (tertiary alicyclic amines) is 1. The van der Waals surface area contributed by atoms with Crippen LogP contribution in [0.3, 0.4) is 0 Å². The first-order chi connectivity index (χ1) is 9.83. The van der Waals surface area contributed by atoms with Crippen molar-refractivity contribution in [1.29, 1.82) is 0 Å². The van der Waals surface area contributed by atoms with E-state index in [1.165, 1.54) is 45.2 Å². The second kappa shape index (κ2) is 8.98. The summed E-state index contributed by atoms with van der Waals surface area (Å²) < 4.78 is 0. The molecule has 2 unspecified atom stereocenters. The van der Waals surface area contributed by atoms with Gasteiger partial charge in [-0.3, -0.25) is 4.90 Å². The molecule has 118 valence electrons. The third kappa shape index (κ3) is 4.99. The summed E-state index contributed by atoms with van der Waals surface area (Å²) in [4.78, 5) is 2.70. The highest BCUT2D eigenvalue weighted by molar-refractivity contribution is 4.88. The average molecular weight is 284 g/mol. The minimum absolute atomic E-state index is 0.278. The monoisotopic (exact) mass is 284 g/mol. The molecule has 0 radical (unpaired) electrons. The van der Waals surface area contributed by atoms with Gasteiger partial charge in [-0.15, -0.1) is 0 Å². The van der Waals surface area contributed by atoms with E-state index >= 15 is 0 Å². The Balaban J connectivity index is 1.83. The molecular formula is C16H32N2O2. The molecule has 0 aromatic heterocycles. The van der Waals surface area contributed by atoms with E-state index in [2.05, 4.69) is 10.2 Å². The molecule has 20 heavy (non-hydrogen) atoms. The third-order valence-corrected chi connectivity index (χ3v) is 4.94. The van der Waals surface area contributed by atoms with E-state index in [-0.39, 0.29) is 6.61 Å². The molecule has 1 aliphatic heterocycles. The van der Waals surface area contributed by atoms with Crippen molar-refractivity contribution in [3.63, 3.8) is 0 Å². The van der Waals surface area contributed by atoms with Crippen molar-refractivity contribution in [1.82, 2.24) is 10.2 Å². The first-order valence-corrected chi connectivity index (χ1v) is 8.52. The molecule has 0 aromatic carbocycles. The second-order valence-electron chi connectivity index (χ2n) is 6.59. The fourth-order valence-electron chi connectivity index (χ4n) is 3.93. The van der Waals surface area contributed by atoms with Crippen molar-refractivity contribution < 1.29 is 10.2 Å². The van der Waals surface area contributed by atoms with Gasteiger partial charge < -0.3 is 15.5 Å². The zero-order chi connectivity index (χ0) is 14.2. The van der Waals surface area contributed by atoms with Crippen LogP contribution in [0.1, 0.15) is 51.4 Å². The lowest BCUT2D eigenvalue weighted by atomic mass is 9.89. The van der Waals surface area contributed by atoms with Crippen LogP contribution >= 0.6 is 0 Å². The highest BCUT2D eigenvalue weighted by Crippen LogP contribution is 2.29. The Morgan fingerprint density at radius 2 is 1.75 bits per heavy atom. The van der Waals surface area contributed by atoms with Gasteiger partial charge in [0.25, 0.3) is 0 Å². The molecule has 1 heterocycles. The van der Waals surface area contributed by atoms with Gasteiger partial charge in [0.15, 0.2) is 0 Å². The van der Waals surface area contributed by atoms with Gasteiger partial charge >= 0.3 is 0 Å². The number of hydrogen-bond acceptors (Lipinski definition) is 4. The molecule has 4 heteroatoms. The van der Waals surface area contributed by atoms with Crippen molar-refractivity contribution in [2.45, 2.75) is 63.5 Å². The van der Waals surface area contributed by atoms with Crippen LogP contribution < -0.4 is 5.32 Å². The zero-order valence-corrected chi connectivity index (χ0v) is 12.8. The molecule has 1 saturated heterocycles. The predicted molar refractivity (Wildman–Crippen MR) is 81.7 cm³/mol. The quantitative estimate of drug-likeness (QED) is 0.589. The largest absolute Gasteiger partial charge is 0.396 e. The number of rotatable bonds is 8. The molecule has 4 nitrogen and oxygen atoms in total. The number of aliphatic hydroxyl groups excluding tert-OH is 2. The SMILES string of the molecule is OCCCNC1CC(CCCO)CN(C2CCCC2)C1. The van der Waals surface area contributed by atoms with Crippen LogP contribution in [0.2, 0.25) is 0 Å².